The predicted molar refractivity (Wildman–Crippen MR) is 127 cm³/mol. The van der Waals surface area contributed by atoms with Gasteiger partial charge in [-0.25, -0.2) is 0 Å². The minimum Gasteiger partial charge on any atom is -0.492 e. The first-order valence-corrected chi connectivity index (χ1v) is 13.0. The quantitative estimate of drug-likeness (QED) is 0.362. The lowest BCUT2D eigenvalue weighted by molar-refractivity contribution is -0.130. The van der Waals surface area contributed by atoms with Crippen molar-refractivity contribution in [3.05, 3.63) is 68.5 Å². The van der Waals surface area contributed by atoms with Crippen molar-refractivity contribution in [2.45, 2.75) is 24.5 Å². The Morgan fingerprint density at radius 1 is 1.19 bits per heavy atom. The molecule has 0 saturated carbocycles. The second kappa shape index (κ2) is 9.43. The molecule has 0 radical (unpaired) electrons. The van der Waals surface area contributed by atoms with E-state index < -0.39 is 0 Å². The van der Waals surface area contributed by atoms with Gasteiger partial charge in [0, 0.05) is 16.3 Å². The van der Waals surface area contributed by atoms with Gasteiger partial charge in [-0.05, 0) is 64.4 Å². The molecule has 1 aromatic carbocycles. The van der Waals surface area contributed by atoms with Crippen molar-refractivity contribution >= 4 is 40.3 Å². The molecule has 4 heterocycles. The number of carbonyl (C=O) groups is 1. The van der Waals surface area contributed by atoms with E-state index in [1.54, 1.807) is 27.4 Å². The van der Waals surface area contributed by atoms with Crippen LogP contribution in [-0.4, -0.2) is 49.9 Å². The highest BCUT2D eigenvalue weighted by molar-refractivity contribution is 7.99. The molecule has 32 heavy (non-hydrogen) atoms. The molecule has 0 N–H and O–H groups in total. The Labute approximate surface area is 198 Å². The maximum absolute atomic E-state index is 13.4. The number of aromatic nitrogens is 4. The molecule has 0 unspecified atom stereocenters. The number of benzene rings is 1. The third-order valence-corrected chi connectivity index (χ3v) is 8.08. The third kappa shape index (κ3) is 4.05. The lowest BCUT2D eigenvalue weighted by atomic mass is 9.98. The van der Waals surface area contributed by atoms with Gasteiger partial charge in [-0.3, -0.25) is 4.79 Å². The van der Waals surface area contributed by atoms with Gasteiger partial charge >= 0.3 is 0 Å². The summed E-state index contributed by atoms with van der Waals surface area (Å²) in [7, 11) is 0. The van der Waals surface area contributed by atoms with E-state index in [9.17, 15) is 4.79 Å². The van der Waals surface area contributed by atoms with Crippen molar-refractivity contribution < 1.29 is 9.53 Å². The van der Waals surface area contributed by atoms with E-state index in [-0.39, 0.29) is 17.7 Å². The smallest absolute Gasteiger partial charge is 0.233 e. The maximum atomic E-state index is 13.4. The number of nitrogens with zero attached hydrogens (tertiary/aromatic N) is 5. The van der Waals surface area contributed by atoms with Crippen LogP contribution in [0, 0.1) is 0 Å². The highest BCUT2D eigenvalue weighted by Crippen LogP contribution is 2.40. The predicted octanol–water partition coefficient (Wildman–Crippen LogP) is 4.45. The van der Waals surface area contributed by atoms with Crippen LogP contribution in [0.3, 0.4) is 0 Å². The summed E-state index contributed by atoms with van der Waals surface area (Å²) in [6.07, 6.45) is 0.894. The second-order valence-corrected chi connectivity index (χ2v) is 10.0. The van der Waals surface area contributed by atoms with Crippen LogP contribution < -0.4 is 4.74 Å². The van der Waals surface area contributed by atoms with Gasteiger partial charge in [0.25, 0.3) is 0 Å². The van der Waals surface area contributed by atoms with Crippen molar-refractivity contribution in [2.24, 2.45) is 0 Å². The number of ether oxygens (including phenoxy) is 1. The molecule has 164 valence electrons. The average molecular weight is 484 g/mol. The number of hydrogen-bond donors (Lipinski definition) is 0. The first kappa shape index (κ1) is 21.2. The number of rotatable bonds is 7. The monoisotopic (exact) mass is 483 g/mol. The van der Waals surface area contributed by atoms with E-state index in [0.717, 1.165) is 12.1 Å². The molecule has 1 aliphatic rings. The first-order valence-electron chi connectivity index (χ1n) is 10.3. The summed E-state index contributed by atoms with van der Waals surface area (Å²) in [5.74, 6) is 1.05. The first-order chi connectivity index (χ1) is 15.8. The van der Waals surface area contributed by atoms with E-state index in [1.165, 1.54) is 27.1 Å². The van der Waals surface area contributed by atoms with Crippen molar-refractivity contribution in [3.63, 3.8) is 0 Å². The summed E-state index contributed by atoms with van der Waals surface area (Å²) in [5, 5.41) is 16.9. The Balaban J connectivity index is 1.36. The van der Waals surface area contributed by atoms with Crippen LogP contribution >= 0.6 is 34.4 Å². The normalized spacial score (nSPS) is 15.5. The van der Waals surface area contributed by atoms with Gasteiger partial charge in [-0.15, -0.1) is 27.8 Å². The molecule has 5 rings (SSSR count). The molecule has 7 nitrogen and oxygen atoms in total. The lowest BCUT2D eigenvalue weighted by Crippen LogP contribution is -2.40. The van der Waals surface area contributed by atoms with Crippen LogP contribution in [-0.2, 0) is 11.2 Å². The molecule has 1 amide bonds. The second-order valence-electron chi connectivity index (χ2n) is 7.12. The summed E-state index contributed by atoms with van der Waals surface area (Å²) in [6.45, 7) is 3.20. The zero-order valence-electron chi connectivity index (χ0n) is 17.4. The minimum absolute atomic E-state index is 0.0206. The van der Waals surface area contributed by atoms with Gasteiger partial charge in [-0.1, -0.05) is 30.0 Å². The molecule has 1 atom stereocenters. The molecule has 0 aliphatic carbocycles. The molecule has 0 saturated heterocycles. The SMILES string of the molecule is CCOc1ccccc1-n1nnnc1SCC(=O)N1CCc2sccc2[C@H]1c1cccs1. The Bertz CT molecular complexity index is 1200. The third-order valence-electron chi connectivity index (χ3n) is 5.26. The Morgan fingerprint density at radius 3 is 2.94 bits per heavy atom. The summed E-state index contributed by atoms with van der Waals surface area (Å²) in [5.41, 5.74) is 2.00. The van der Waals surface area contributed by atoms with Gasteiger partial charge in [0.15, 0.2) is 0 Å². The fraction of sp³-hybridized carbons (Fsp3) is 0.273. The van der Waals surface area contributed by atoms with E-state index in [1.807, 2.05) is 42.2 Å². The summed E-state index contributed by atoms with van der Waals surface area (Å²) >= 11 is 4.81. The van der Waals surface area contributed by atoms with E-state index in [2.05, 4.69) is 38.4 Å². The Morgan fingerprint density at radius 2 is 2.09 bits per heavy atom. The fourth-order valence-corrected chi connectivity index (χ4v) is 6.41. The number of thioether (sulfide) groups is 1. The van der Waals surface area contributed by atoms with Gasteiger partial charge in [0.05, 0.1) is 18.4 Å². The number of amides is 1. The van der Waals surface area contributed by atoms with Crippen molar-refractivity contribution in [1.29, 1.82) is 0 Å². The van der Waals surface area contributed by atoms with Crippen molar-refractivity contribution in [2.75, 3.05) is 18.9 Å². The lowest BCUT2D eigenvalue weighted by Gasteiger charge is -2.35. The fourth-order valence-electron chi connectivity index (χ4n) is 3.88. The van der Waals surface area contributed by atoms with Gasteiger partial charge in [0.1, 0.15) is 11.4 Å². The molecule has 10 heteroatoms. The largest absolute Gasteiger partial charge is 0.492 e. The van der Waals surface area contributed by atoms with Crippen LogP contribution in [0.2, 0.25) is 0 Å². The molecule has 0 fully saturated rings. The zero-order valence-corrected chi connectivity index (χ0v) is 19.8. The standard InChI is InChI=1S/C22H21N5O2S3/c1-2-29-17-7-4-3-6-16(17)27-22(23-24-25-27)32-14-20(28)26-11-9-18-15(10-13-31-18)21(26)19-8-5-12-30-19/h3-8,10,12-13,21H,2,9,11,14H2,1H3/t21-/m0/s1. The molecular weight excluding hydrogens is 462 g/mol. The topological polar surface area (TPSA) is 73.1 Å². The van der Waals surface area contributed by atoms with Crippen LogP contribution in [0.4, 0.5) is 0 Å². The van der Waals surface area contributed by atoms with Crippen molar-refractivity contribution in [3.8, 4) is 11.4 Å². The molecule has 4 aromatic rings. The Kier molecular flexibility index (Phi) is 6.24. The van der Waals surface area contributed by atoms with Crippen molar-refractivity contribution in [1.82, 2.24) is 25.1 Å². The van der Waals surface area contributed by atoms with E-state index >= 15 is 0 Å². The van der Waals surface area contributed by atoms with Crippen LogP contribution in [0.1, 0.15) is 28.3 Å². The summed E-state index contributed by atoms with van der Waals surface area (Å²) in [4.78, 5) is 17.9. The van der Waals surface area contributed by atoms with Gasteiger partial charge < -0.3 is 9.64 Å². The number of fused-ring (bicyclic) bond motifs is 1. The molecule has 1 aliphatic heterocycles. The Hall–Kier alpha value is -2.69. The molecular formula is C22H21N5O2S3. The molecule has 0 bridgehead atoms. The maximum Gasteiger partial charge on any atom is 0.233 e. The molecule has 0 spiro atoms. The number of thiophene rings is 2. The van der Waals surface area contributed by atoms with Crippen LogP contribution in [0.25, 0.3) is 5.69 Å². The molecule has 3 aromatic heterocycles. The van der Waals surface area contributed by atoms with Crippen LogP contribution in [0.15, 0.2) is 58.4 Å². The zero-order chi connectivity index (χ0) is 21.9. The minimum atomic E-state index is -0.0206. The number of tetrazole rings is 1. The van der Waals surface area contributed by atoms with Gasteiger partial charge in [0.2, 0.25) is 11.1 Å². The number of para-hydroxylation sites is 2. The van der Waals surface area contributed by atoms with Crippen LogP contribution in [0.5, 0.6) is 5.75 Å². The summed E-state index contributed by atoms with van der Waals surface area (Å²) < 4.78 is 7.35. The highest BCUT2D eigenvalue weighted by Gasteiger charge is 2.33. The highest BCUT2D eigenvalue weighted by atomic mass is 32.2. The summed E-state index contributed by atoms with van der Waals surface area (Å²) in [6, 6.07) is 13.9. The average Bonchev–Trinajstić information content (AvgIpc) is 3.59. The number of hydrogen-bond acceptors (Lipinski definition) is 8. The van der Waals surface area contributed by atoms with Gasteiger partial charge in [-0.2, -0.15) is 4.68 Å². The van der Waals surface area contributed by atoms with E-state index in [4.69, 9.17) is 4.74 Å². The van der Waals surface area contributed by atoms with E-state index in [0.29, 0.717) is 24.1 Å². The number of carbonyl (C=O) groups excluding carboxylic acids is 1.